The van der Waals surface area contributed by atoms with Gasteiger partial charge in [0.25, 0.3) is 0 Å². The summed E-state index contributed by atoms with van der Waals surface area (Å²) in [6, 6.07) is 14.2. The summed E-state index contributed by atoms with van der Waals surface area (Å²) in [4.78, 5) is 2.08. The molecule has 0 spiro atoms. The number of benzene rings is 2. The fraction of sp³-hybridized carbons (Fsp3) is 0.524. The number of quaternary nitrogens is 1. The lowest BCUT2D eigenvalue weighted by Crippen LogP contribution is -3.18. The number of rotatable bonds is 3. The molecule has 1 aliphatic heterocycles. The number of piperazine rings is 1. The Morgan fingerprint density at radius 2 is 1.69 bits per heavy atom. The molecular weight excluding hydrogens is 344 g/mol. The molecule has 2 aromatic rings. The van der Waals surface area contributed by atoms with E-state index in [1.165, 1.54) is 25.7 Å². The largest absolute Gasteiger partial charge is 0.330 e. The van der Waals surface area contributed by atoms with Crippen molar-refractivity contribution in [2.24, 2.45) is 11.8 Å². The predicted octanol–water partition coefficient (Wildman–Crippen LogP) is 1.92. The Morgan fingerprint density at radius 1 is 0.923 bits per heavy atom. The van der Waals surface area contributed by atoms with E-state index in [-0.39, 0.29) is 0 Å². The van der Waals surface area contributed by atoms with Gasteiger partial charge in [0.1, 0.15) is 0 Å². The topological polar surface area (TPSA) is 41.8 Å². The lowest BCUT2D eigenvalue weighted by Gasteiger charge is -2.37. The van der Waals surface area contributed by atoms with Crippen LogP contribution in [0.25, 0.3) is 10.8 Å². The first-order valence-corrected chi connectivity index (χ1v) is 11.4. The van der Waals surface area contributed by atoms with E-state index in [0.29, 0.717) is 18.0 Å². The Bertz CT molecular complexity index is 919. The molecule has 5 heteroatoms. The van der Waals surface area contributed by atoms with Crippen LogP contribution in [-0.4, -0.2) is 44.9 Å². The number of fused-ring (bicyclic) bond motifs is 3. The number of hydrogen-bond donors (Lipinski definition) is 1. The number of nitrogens with zero attached hydrogens (tertiary/aromatic N) is 1. The van der Waals surface area contributed by atoms with E-state index in [1.54, 1.807) is 15.3 Å². The van der Waals surface area contributed by atoms with Gasteiger partial charge in [-0.15, -0.1) is 0 Å². The fourth-order valence-electron chi connectivity index (χ4n) is 5.61. The zero-order chi connectivity index (χ0) is 17.7. The normalized spacial score (nSPS) is 30.2. The molecule has 2 saturated carbocycles. The molecule has 1 heterocycles. The van der Waals surface area contributed by atoms with Crippen LogP contribution in [0.4, 0.5) is 0 Å². The third-order valence-corrected chi connectivity index (χ3v) is 8.88. The van der Waals surface area contributed by atoms with Gasteiger partial charge in [0.2, 0.25) is 10.0 Å². The van der Waals surface area contributed by atoms with Crippen molar-refractivity contribution in [3.8, 4) is 0 Å². The minimum Gasteiger partial charge on any atom is -0.330 e. The molecule has 2 aromatic carbocycles. The highest BCUT2D eigenvalue weighted by Gasteiger charge is 2.46. The zero-order valence-corrected chi connectivity index (χ0v) is 15.9. The van der Waals surface area contributed by atoms with Crippen LogP contribution in [0.3, 0.4) is 0 Å². The Kier molecular flexibility index (Phi) is 4.07. The number of nitrogens with one attached hydrogen (secondary N) is 1. The Balaban J connectivity index is 1.31. The fourth-order valence-corrected chi connectivity index (χ4v) is 7.08. The van der Waals surface area contributed by atoms with Crippen molar-refractivity contribution < 1.29 is 13.3 Å². The van der Waals surface area contributed by atoms with Crippen LogP contribution in [0.1, 0.15) is 25.7 Å². The van der Waals surface area contributed by atoms with Crippen molar-refractivity contribution in [2.45, 2.75) is 36.6 Å². The quantitative estimate of drug-likeness (QED) is 0.896. The summed E-state index contributed by atoms with van der Waals surface area (Å²) in [7, 11) is -3.39. The van der Waals surface area contributed by atoms with Crippen LogP contribution in [0.5, 0.6) is 0 Å². The van der Waals surface area contributed by atoms with Crippen LogP contribution >= 0.6 is 0 Å². The van der Waals surface area contributed by atoms with E-state index in [4.69, 9.17) is 0 Å². The van der Waals surface area contributed by atoms with E-state index in [0.717, 1.165) is 41.7 Å². The summed E-state index contributed by atoms with van der Waals surface area (Å²) < 4.78 is 27.9. The van der Waals surface area contributed by atoms with Gasteiger partial charge >= 0.3 is 0 Å². The van der Waals surface area contributed by atoms with Crippen molar-refractivity contribution in [2.75, 3.05) is 26.2 Å². The number of hydrogen-bond acceptors (Lipinski definition) is 2. The van der Waals surface area contributed by atoms with Gasteiger partial charge in [-0.2, -0.15) is 4.31 Å². The zero-order valence-electron chi connectivity index (χ0n) is 15.1. The van der Waals surface area contributed by atoms with Gasteiger partial charge in [-0.1, -0.05) is 30.3 Å². The molecule has 2 aliphatic carbocycles. The summed E-state index contributed by atoms with van der Waals surface area (Å²) in [5.41, 5.74) is 0. The predicted molar refractivity (Wildman–Crippen MR) is 103 cm³/mol. The van der Waals surface area contributed by atoms with Gasteiger partial charge in [-0.3, -0.25) is 0 Å². The van der Waals surface area contributed by atoms with Crippen LogP contribution in [0.15, 0.2) is 47.4 Å². The van der Waals surface area contributed by atoms with E-state index >= 15 is 0 Å². The average molecular weight is 372 g/mol. The Hall–Kier alpha value is -1.43. The lowest BCUT2D eigenvalue weighted by atomic mass is 9.93. The molecule has 0 radical (unpaired) electrons. The lowest BCUT2D eigenvalue weighted by molar-refractivity contribution is -0.932. The first-order chi connectivity index (χ1) is 12.6. The molecule has 0 unspecified atom stereocenters. The summed E-state index contributed by atoms with van der Waals surface area (Å²) in [6.07, 6.45) is 5.62. The van der Waals surface area contributed by atoms with E-state index in [9.17, 15) is 8.42 Å². The summed E-state index contributed by atoms with van der Waals surface area (Å²) in [5.74, 6) is 1.86. The maximum Gasteiger partial charge on any atom is 0.243 e. The summed E-state index contributed by atoms with van der Waals surface area (Å²) >= 11 is 0. The standard InChI is InChI=1S/C21H26N2O2S/c24-26(25,20-8-7-17-3-1-2-4-18(17)15-20)23-11-9-22(10-12-23)21-14-16-5-6-19(21)13-16/h1-4,7-8,15-16,19,21H,5-6,9-14H2/p+1/t16-,19+,21-/m0/s1. The van der Waals surface area contributed by atoms with Crippen LogP contribution < -0.4 is 4.90 Å². The maximum atomic E-state index is 13.1. The third kappa shape index (κ3) is 2.77. The van der Waals surface area contributed by atoms with Crippen molar-refractivity contribution in [1.82, 2.24) is 4.31 Å². The second-order valence-corrected chi connectivity index (χ2v) is 10.3. The van der Waals surface area contributed by atoms with Crippen molar-refractivity contribution in [3.63, 3.8) is 0 Å². The molecule has 0 amide bonds. The highest BCUT2D eigenvalue weighted by Crippen LogP contribution is 2.43. The molecule has 4 nitrogen and oxygen atoms in total. The highest BCUT2D eigenvalue weighted by molar-refractivity contribution is 7.89. The molecule has 1 N–H and O–H groups in total. The van der Waals surface area contributed by atoms with Gasteiger partial charge in [0, 0.05) is 12.3 Å². The van der Waals surface area contributed by atoms with E-state index in [1.807, 2.05) is 36.4 Å². The second kappa shape index (κ2) is 6.32. The second-order valence-electron chi connectivity index (χ2n) is 8.35. The third-order valence-electron chi connectivity index (χ3n) is 6.99. The molecule has 138 valence electrons. The van der Waals surface area contributed by atoms with Crippen molar-refractivity contribution in [3.05, 3.63) is 42.5 Å². The highest BCUT2D eigenvalue weighted by atomic mass is 32.2. The summed E-state index contributed by atoms with van der Waals surface area (Å²) in [5, 5.41) is 2.07. The molecule has 3 fully saturated rings. The average Bonchev–Trinajstić information content (AvgIpc) is 3.31. The minimum absolute atomic E-state index is 0.430. The first kappa shape index (κ1) is 16.7. The minimum atomic E-state index is -3.39. The van der Waals surface area contributed by atoms with E-state index < -0.39 is 10.0 Å². The number of sulfonamides is 1. The van der Waals surface area contributed by atoms with Crippen LogP contribution in [0, 0.1) is 11.8 Å². The molecule has 3 aliphatic rings. The molecule has 2 bridgehead atoms. The Morgan fingerprint density at radius 3 is 2.38 bits per heavy atom. The molecule has 0 aromatic heterocycles. The van der Waals surface area contributed by atoms with Crippen LogP contribution in [-0.2, 0) is 10.0 Å². The monoisotopic (exact) mass is 371 g/mol. The van der Waals surface area contributed by atoms with Gasteiger partial charge < -0.3 is 4.90 Å². The maximum absolute atomic E-state index is 13.1. The van der Waals surface area contributed by atoms with Gasteiger partial charge in [-0.05, 0) is 48.1 Å². The molecule has 5 rings (SSSR count). The SMILES string of the molecule is O=S(=O)(c1ccc2ccccc2c1)N1CC[NH+]([C@H]2C[C@H]3CC[C@@H]2C3)CC1. The first-order valence-electron chi connectivity index (χ1n) is 9.95. The Labute approximate surface area is 155 Å². The molecular formula is C21H27N2O2S+. The van der Waals surface area contributed by atoms with Gasteiger partial charge in [0.15, 0.2) is 0 Å². The van der Waals surface area contributed by atoms with Gasteiger partial charge in [0.05, 0.1) is 37.1 Å². The summed E-state index contributed by atoms with van der Waals surface area (Å²) in [6.45, 7) is 3.22. The molecule has 1 saturated heterocycles. The van der Waals surface area contributed by atoms with Crippen molar-refractivity contribution >= 4 is 20.8 Å². The van der Waals surface area contributed by atoms with E-state index in [2.05, 4.69) is 0 Å². The van der Waals surface area contributed by atoms with Gasteiger partial charge in [-0.25, -0.2) is 8.42 Å². The molecule has 3 atom stereocenters. The smallest absolute Gasteiger partial charge is 0.243 e. The molecule has 26 heavy (non-hydrogen) atoms. The van der Waals surface area contributed by atoms with Crippen LogP contribution in [0.2, 0.25) is 0 Å². The van der Waals surface area contributed by atoms with Crippen molar-refractivity contribution in [1.29, 1.82) is 0 Å².